The van der Waals surface area contributed by atoms with Gasteiger partial charge in [0, 0.05) is 12.5 Å². The molecule has 1 saturated heterocycles. The van der Waals surface area contributed by atoms with E-state index in [0.717, 1.165) is 24.3 Å². The molecule has 1 N–H and O–H groups in total. The molecule has 2 saturated carbocycles. The molecule has 3 rings (SSSR count). The second kappa shape index (κ2) is 5.20. The molecular formula is C15H25NO2. The number of carbonyl (C=O) groups is 1. The van der Waals surface area contributed by atoms with Crippen molar-refractivity contribution >= 4 is 5.97 Å². The van der Waals surface area contributed by atoms with Crippen molar-refractivity contribution in [1.82, 2.24) is 4.90 Å². The zero-order valence-corrected chi connectivity index (χ0v) is 11.2. The van der Waals surface area contributed by atoms with E-state index in [1.54, 1.807) is 0 Å². The first-order chi connectivity index (χ1) is 8.72. The minimum Gasteiger partial charge on any atom is -0.481 e. The Labute approximate surface area is 110 Å². The minimum absolute atomic E-state index is 0.360. The highest BCUT2D eigenvalue weighted by Gasteiger charge is 2.42. The molecule has 1 aliphatic heterocycles. The van der Waals surface area contributed by atoms with Gasteiger partial charge in [0.25, 0.3) is 0 Å². The van der Waals surface area contributed by atoms with Crippen LogP contribution in [0.5, 0.6) is 0 Å². The van der Waals surface area contributed by atoms with Crippen molar-refractivity contribution < 1.29 is 9.90 Å². The lowest BCUT2D eigenvalue weighted by Crippen LogP contribution is -2.44. The Morgan fingerprint density at radius 2 is 1.89 bits per heavy atom. The molecule has 3 nitrogen and oxygen atoms in total. The van der Waals surface area contributed by atoms with Crippen LogP contribution >= 0.6 is 0 Å². The third-order valence-electron chi connectivity index (χ3n) is 5.59. The molecule has 3 aliphatic rings. The number of aliphatic carboxylic acids is 1. The summed E-state index contributed by atoms with van der Waals surface area (Å²) in [6.45, 7) is 2.44. The van der Waals surface area contributed by atoms with E-state index in [1.807, 2.05) is 0 Å². The second-order valence-corrected chi connectivity index (χ2v) is 6.65. The predicted molar refractivity (Wildman–Crippen MR) is 70.4 cm³/mol. The quantitative estimate of drug-likeness (QED) is 0.835. The van der Waals surface area contributed by atoms with E-state index < -0.39 is 5.97 Å². The van der Waals surface area contributed by atoms with Crippen LogP contribution in [-0.2, 0) is 4.79 Å². The fourth-order valence-corrected chi connectivity index (χ4v) is 4.56. The maximum Gasteiger partial charge on any atom is 0.303 e. The van der Waals surface area contributed by atoms with Gasteiger partial charge in [-0.3, -0.25) is 4.79 Å². The zero-order valence-electron chi connectivity index (χ0n) is 11.2. The summed E-state index contributed by atoms with van der Waals surface area (Å²) in [6, 6.07) is 0.879. The molecule has 2 aliphatic carbocycles. The monoisotopic (exact) mass is 251 g/mol. The summed E-state index contributed by atoms with van der Waals surface area (Å²) in [5.41, 5.74) is 0. The SMILES string of the molecule is O=C(O)CCC1CCN(C2CC3CCC2C3)CC1. The smallest absolute Gasteiger partial charge is 0.303 e. The Morgan fingerprint density at radius 1 is 1.11 bits per heavy atom. The summed E-state index contributed by atoms with van der Waals surface area (Å²) in [6.07, 6.45) is 9.58. The van der Waals surface area contributed by atoms with Crippen LogP contribution in [0, 0.1) is 17.8 Å². The lowest BCUT2D eigenvalue weighted by atomic mass is 9.88. The summed E-state index contributed by atoms with van der Waals surface area (Å²) in [5.74, 6) is 2.05. The van der Waals surface area contributed by atoms with Crippen LogP contribution in [0.15, 0.2) is 0 Å². The Morgan fingerprint density at radius 3 is 2.44 bits per heavy atom. The van der Waals surface area contributed by atoms with E-state index in [-0.39, 0.29) is 0 Å². The number of fused-ring (bicyclic) bond motifs is 2. The molecule has 3 unspecified atom stereocenters. The molecule has 3 atom stereocenters. The Kier molecular flexibility index (Phi) is 3.60. The topological polar surface area (TPSA) is 40.5 Å². The highest BCUT2D eigenvalue weighted by Crippen LogP contribution is 2.47. The Balaban J connectivity index is 1.44. The van der Waals surface area contributed by atoms with Crippen LogP contribution in [0.1, 0.15) is 51.4 Å². The standard InChI is InChI=1S/C15H25NO2/c17-15(18)4-2-11-5-7-16(8-6-11)14-10-12-1-3-13(14)9-12/h11-14H,1-10H2,(H,17,18). The summed E-state index contributed by atoms with van der Waals surface area (Å²) in [4.78, 5) is 13.3. The first-order valence-electron chi connectivity index (χ1n) is 7.68. The van der Waals surface area contributed by atoms with Gasteiger partial charge in [0.15, 0.2) is 0 Å². The van der Waals surface area contributed by atoms with Crippen molar-refractivity contribution in [2.45, 2.75) is 57.4 Å². The van der Waals surface area contributed by atoms with Crippen molar-refractivity contribution in [3.63, 3.8) is 0 Å². The highest BCUT2D eigenvalue weighted by molar-refractivity contribution is 5.66. The fourth-order valence-electron chi connectivity index (χ4n) is 4.56. The molecule has 1 heterocycles. The molecule has 0 radical (unpaired) electrons. The van der Waals surface area contributed by atoms with Gasteiger partial charge in [-0.1, -0.05) is 6.42 Å². The van der Waals surface area contributed by atoms with Gasteiger partial charge in [-0.25, -0.2) is 0 Å². The average molecular weight is 251 g/mol. The van der Waals surface area contributed by atoms with Gasteiger partial charge >= 0.3 is 5.97 Å². The molecule has 102 valence electrons. The third-order valence-corrected chi connectivity index (χ3v) is 5.59. The number of piperidine rings is 1. The van der Waals surface area contributed by atoms with Crippen molar-refractivity contribution in [3.05, 3.63) is 0 Å². The Hall–Kier alpha value is -0.570. The zero-order chi connectivity index (χ0) is 12.5. The van der Waals surface area contributed by atoms with Gasteiger partial charge in [0.05, 0.1) is 0 Å². The van der Waals surface area contributed by atoms with Gasteiger partial charge in [-0.05, 0) is 69.4 Å². The van der Waals surface area contributed by atoms with Crippen LogP contribution < -0.4 is 0 Å². The van der Waals surface area contributed by atoms with Crippen LogP contribution in [0.3, 0.4) is 0 Å². The van der Waals surface area contributed by atoms with Crippen molar-refractivity contribution in [3.8, 4) is 0 Å². The van der Waals surface area contributed by atoms with Gasteiger partial charge in [0.2, 0.25) is 0 Å². The molecule has 3 fully saturated rings. The number of likely N-dealkylation sites (tertiary alicyclic amines) is 1. The number of nitrogens with zero attached hydrogens (tertiary/aromatic N) is 1. The van der Waals surface area contributed by atoms with E-state index in [0.29, 0.717) is 12.3 Å². The average Bonchev–Trinajstić information content (AvgIpc) is 2.99. The number of rotatable bonds is 4. The summed E-state index contributed by atoms with van der Waals surface area (Å²) < 4.78 is 0. The van der Waals surface area contributed by atoms with Crippen molar-refractivity contribution in [2.24, 2.45) is 17.8 Å². The van der Waals surface area contributed by atoms with Gasteiger partial charge < -0.3 is 10.0 Å². The number of carboxylic acids is 1. The Bertz CT molecular complexity index is 310. The molecule has 2 bridgehead atoms. The molecule has 0 aromatic carbocycles. The predicted octanol–water partition coefficient (Wildman–Crippen LogP) is 2.75. The van der Waals surface area contributed by atoms with Crippen LogP contribution in [0.25, 0.3) is 0 Å². The fraction of sp³-hybridized carbons (Fsp3) is 0.933. The molecular weight excluding hydrogens is 226 g/mol. The second-order valence-electron chi connectivity index (χ2n) is 6.65. The van der Waals surface area contributed by atoms with E-state index in [9.17, 15) is 4.79 Å². The molecule has 0 aromatic heterocycles. The van der Waals surface area contributed by atoms with Crippen LogP contribution in [0.2, 0.25) is 0 Å². The molecule has 18 heavy (non-hydrogen) atoms. The van der Waals surface area contributed by atoms with E-state index in [1.165, 1.54) is 51.6 Å². The first kappa shape index (κ1) is 12.5. The van der Waals surface area contributed by atoms with Crippen LogP contribution in [0.4, 0.5) is 0 Å². The summed E-state index contributed by atoms with van der Waals surface area (Å²) >= 11 is 0. The molecule has 0 amide bonds. The lowest BCUT2D eigenvalue weighted by molar-refractivity contribution is -0.137. The van der Waals surface area contributed by atoms with Gasteiger partial charge in [0.1, 0.15) is 0 Å². The molecule has 0 aromatic rings. The highest BCUT2D eigenvalue weighted by atomic mass is 16.4. The maximum atomic E-state index is 10.6. The third kappa shape index (κ3) is 2.56. The number of hydrogen-bond donors (Lipinski definition) is 1. The van der Waals surface area contributed by atoms with Crippen LogP contribution in [-0.4, -0.2) is 35.1 Å². The van der Waals surface area contributed by atoms with E-state index in [4.69, 9.17) is 5.11 Å². The van der Waals surface area contributed by atoms with E-state index in [2.05, 4.69) is 4.90 Å². The number of hydrogen-bond acceptors (Lipinski definition) is 2. The largest absolute Gasteiger partial charge is 0.481 e. The summed E-state index contributed by atoms with van der Waals surface area (Å²) in [7, 11) is 0. The first-order valence-corrected chi connectivity index (χ1v) is 7.68. The molecule has 3 heteroatoms. The van der Waals surface area contributed by atoms with Crippen molar-refractivity contribution in [1.29, 1.82) is 0 Å². The normalized spacial score (nSPS) is 37.2. The maximum absolute atomic E-state index is 10.6. The van der Waals surface area contributed by atoms with Crippen molar-refractivity contribution in [2.75, 3.05) is 13.1 Å². The van der Waals surface area contributed by atoms with E-state index >= 15 is 0 Å². The van der Waals surface area contributed by atoms with Gasteiger partial charge in [-0.2, -0.15) is 0 Å². The number of carboxylic acid groups (broad SMARTS) is 1. The minimum atomic E-state index is -0.634. The molecule has 0 spiro atoms. The summed E-state index contributed by atoms with van der Waals surface area (Å²) in [5, 5.41) is 8.73. The van der Waals surface area contributed by atoms with Gasteiger partial charge in [-0.15, -0.1) is 0 Å². The lowest BCUT2D eigenvalue weighted by Gasteiger charge is -2.39.